The molecule has 4 nitrogen and oxygen atoms in total. The summed E-state index contributed by atoms with van der Waals surface area (Å²) in [4.78, 5) is 12.4. The van der Waals surface area contributed by atoms with Crippen molar-refractivity contribution in [2.24, 2.45) is 0 Å². The largest absolute Gasteiger partial charge is 0.497 e. The van der Waals surface area contributed by atoms with Crippen LogP contribution in [0.2, 0.25) is 0 Å². The molecule has 0 aromatic heterocycles. The van der Waals surface area contributed by atoms with Crippen molar-refractivity contribution < 1.29 is 22.7 Å². The summed E-state index contributed by atoms with van der Waals surface area (Å²) in [5.74, 6) is -1.52. The predicted molar refractivity (Wildman–Crippen MR) is 84.4 cm³/mol. The first-order valence-corrected chi connectivity index (χ1v) is 7.32. The van der Waals surface area contributed by atoms with Gasteiger partial charge in [-0.1, -0.05) is 42.5 Å². The number of alkyl halides is 3. The molecule has 0 aliphatic rings. The molecule has 130 valence electrons. The van der Waals surface area contributed by atoms with Gasteiger partial charge in [0.25, 0.3) is 0 Å². The van der Waals surface area contributed by atoms with Crippen LogP contribution in [0.25, 0.3) is 0 Å². The molecule has 7 heteroatoms. The monoisotopic (exact) mass is 348 g/mol. The van der Waals surface area contributed by atoms with Gasteiger partial charge in [0.15, 0.2) is 0 Å². The van der Waals surface area contributed by atoms with Crippen molar-refractivity contribution >= 4 is 5.91 Å². The highest BCUT2D eigenvalue weighted by atomic mass is 19.4. The lowest BCUT2D eigenvalue weighted by atomic mass is 10.1. The number of nitrogens with zero attached hydrogens (tertiary/aromatic N) is 2. The molecule has 0 saturated heterocycles. The van der Waals surface area contributed by atoms with E-state index in [2.05, 4.69) is 0 Å². The number of hydrogen-bond donors (Lipinski definition) is 0. The van der Waals surface area contributed by atoms with Crippen LogP contribution in [0.3, 0.4) is 0 Å². The van der Waals surface area contributed by atoms with E-state index in [0.29, 0.717) is 21.8 Å². The average Bonchev–Trinajstić information content (AvgIpc) is 2.61. The quantitative estimate of drug-likeness (QED) is 0.825. The smallest absolute Gasteiger partial charge is 0.471 e. The second-order valence-electron chi connectivity index (χ2n) is 5.22. The maximum Gasteiger partial charge on any atom is 0.471 e. The van der Waals surface area contributed by atoms with Crippen molar-refractivity contribution in [3.8, 4) is 11.8 Å². The molecule has 2 aromatic carbocycles. The van der Waals surface area contributed by atoms with Crippen molar-refractivity contribution in [3.05, 3.63) is 65.7 Å². The minimum Gasteiger partial charge on any atom is -0.497 e. The number of carbonyl (C=O) groups is 1. The summed E-state index contributed by atoms with van der Waals surface area (Å²) in [6, 6.07) is 14.6. The van der Waals surface area contributed by atoms with Crippen LogP contribution in [0.5, 0.6) is 5.75 Å². The molecule has 0 bridgehead atoms. The molecule has 2 rings (SSSR count). The number of hydrogen-bond acceptors (Lipinski definition) is 3. The molecular weight excluding hydrogens is 333 g/mol. The first-order valence-electron chi connectivity index (χ1n) is 7.32. The maximum absolute atomic E-state index is 13.0. The van der Waals surface area contributed by atoms with Gasteiger partial charge in [0.05, 0.1) is 13.2 Å². The van der Waals surface area contributed by atoms with Gasteiger partial charge in [-0.2, -0.15) is 18.4 Å². The van der Waals surface area contributed by atoms with Crippen LogP contribution in [-0.4, -0.2) is 24.1 Å². The third kappa shape index (κ3) is 4.51. The Hall–Kier alpha value is -3.01. The number of benzene rings is 2. The van der Waals surface area contributed by atoms with E-state index in [9.17, 15) is 23.2 Å². The molecule has 0 heterocycles. The zero-order valence-electron chi connectivity index (χ0n) is 13.3. The predicted octanol–water partition coefficient (Wildman–Crippen LogP) is 3.85. The van der Waals surface area contributed by atoms with Gasteiger partial charge < -0.3 is 9.64 Å². The second-order valence-corrected chi connectivity index (χ2v) is 5.22. The van der Waals surface area contributed by atoms with Crippen molar-refractivity contribution in [2.75, 3.05) is 7.11 Å². The molecule has 0 aliphatic heterocycles. The van der Waals surface area contributed by atoms with Crippen LogP contribution in [-0.2, 0) is 11.3 Å². The Balaban J connectivity index is 2.38. The lowest BCUT2D eigenvalue weighted by Crippen LogP contribution is -2.42. The molecule has 1 unspecified atom stereocenters. The molecule has 0 saturated carbocycles. The third-order valence-electron chi connectivity index (χ3n) is 3.56. The lowest BCUT2D eigenvalue weighted by Gasteiger charge is -2.28. The van der Waals surface area contributed by atoms with Crippen molar-refractivity contribution in [1.82, 2.24) is 4.90 Å². The average molecular weight is 348 g/mol. The Morgan fingerprint density at radius 3 is 2.24 bits per heavy atom. The van der Waals surface area contributed by atoms with E-state index in [1.807, 2.05) is 0 Å². The number of carbonyl (C=O) groups excluding carboxylic acids is 1. The summed E-state index contributed by atoms with van der Waals surface area (Å²) in [5, 5.41) is 9.39. The minimum absolute atomic E-state index is 0.316. The van der Waals surface area contributed by atoms with Gasteiger partial charge in [0, 0.05) is 6.54 Å². The van der Waals surface area contributed by atoms with Crippen LogP contribution in [0.15, 0.2) is 54.6 Å². The number of halogens is 3. The molecule has 0 radical (unpaired) electrons. The Bertz CT molecular complexity index is 753. The van der Waals surface area contributed by atoms with Gasteiger partial charge in [-0.3, -0.25) is 4.79 Å². The molecule has 0 spiro atoms. The molecule has 25 heavy (non-hydrogen) atoms. The lowest BCUT2D eigenvalue weighted by molar-refractivity contribution is -0.187. The topological polar surface area (TPSA) is 53.3 Å². The fraction of sp³-hybridized carbons (Fsp3) is 0.222. The van der Waals surface area contributed by atoms with Gasteiger partial charge in [0.2, 0.25) is 0 Å². The van der Waals surface area contributed by atoms with Crippen LogP contribution < -0.4 is 4.74 Å². The molecule has 0 fully saturated rings. The highest BCUT2D eigenvalue weighted by Gasteiger charge is 2.45. The summed E-state index contributed by atoms with van der Waals surface area (Å²) in [5.41, 5.74) is 0.769. The third-order valence-corrected chi connectivity index (χ3v) is 3.56. The van der Waals surface area contributed by atoms with Crippen LogP contribution in [0.4, 0.5) is 13.2 Å². The van der Waals surface area contributed by atoms with Crippen molar-refractivity contribution in [3.63, 3.8) is 0 Å². The molecule has 1 amide bonds. The molecular formula is C18H15F3N2O2. The second kappa shape index (κ2) is 7.71. The first kappa shape index (κ1) is 18.3. The Kier molecular flexibility index (Phi) is 5.65. The van der Waals surface area contributed by atoms with E-state index in [1.54, 1.807) is 48.5 Å². The molecule has 1 atom stereocenters. The van der Waals surface area contributed by atoms with E-state index in [1.165, 1.54) is 19.2 Å². The van der Waals surface area contributed by atoms with Crippen LogP contribution in [0, 0.1) is 11.3 Å². The fourth-order valence-corrected chi connectivity index (χ4v) is 2.33. The van der Waals surface area contributed by atoms with Crippen molar-refractivity contribution in [2.45, 2.75) is 18.8 Å². The normalized spacial score (nSPS) is 12.1. The van der Waals surface area contributed by atoms with Gasteiger partial charge in [-0.15, -0.1) is 0 Å². The summed E-state index contributed by atoms with van der Waals surface area (Å²) >= 11 is 0. The maximum atomic E-state index is 13.0. The minimum atomic E-state index is -5.07. The summed E-state index contributed by atoms with van der Waals surface area (Å²) in [6.07, 6.45) is -5.07. The Morgan fingerprint density at radius 1 is 1.16 bits per heavy atom. The fourth-order valence-electron chi connectivity index (χ4n) is 2.33. The van der Waals surface area contributed by atoms with E-state index in [0.717, 1.165) is 0 Å². The summed E-state index contributed by atoms with van der Waals surface area (Å²) in [7, 11) is 1.47. The number of ether oxygens (including phenoxy) is 1. The van der Waals surface area contributed by atoms with Gasteiger partial charge in [0.1, 0.15) is 11.8 Å². The van der Waals surface area contributed by atoms with E-state index < -0.39 is 18.1 Å². The standard InChI is InChI=1S/C18H15F3N2O2/c1-25-15-9-7-13(8-10-15)12-23(17(24)18(19,20)21)16(11-22)14-5-3-2-4-6-14/h2-10,16H,12H2,1H3. The Labute approximate surface area is 143 Å². The zero-order chi connectivity index (χ0) is 18.4. The van der Waals surface area contributed by atoms with Crippen LogP contribution in [0.1, 0.15) is 17.2 Å². The number of amides is 1. The van der Waals surface area contributed by atoms with Gasteiger partial charge >= 0.3 is 12.1 Å². The van der Waals surface area contributed by atoms with E-state index >= 15 is 0 Å². The highest BCUT2D eigenvalue weighted by Crippen LogP contribution is 2.28. The SMILES string of the molecule is COc1ccc(CN(C(=O)C(F)(F)F)C(C#N)c2ccccc2)cc1. The Morgan fingerprint density at radius 2 is 1.76 bits per heavy atom. The summed E-state index contributed by atoms with van der Waals surface area (Å²) in [6.45, 7) is -0.352. The number of methoxy groups -OCH3 is 1. The molecule has 0 N–H and O–H groups in total. The molecule has 0 aliphatic carbocycles. The summed E-state index contributed by atoms with van der Waals surface area (Å²) < 4.78 is 44.0. The van der Waals surface area contributed by atoms with Gasteiger partial charge in [-0.25, -0.2) is 0 Å². The number of nitriles is 1. The zero-order valence-corrected chi connectivity index (χ0v) is 13.3. The van der Waals surface area contributed by atoms with E-state index in [4.69, 9.17) is 4.74 Å². The van der Waals surface area contributed by atoms with Gasteiger partial charge in [-0.05, 0) is 23.3 Å². The highest BCUT2D eigenvalue weighted by molar-refractivity contribution is 5.82. The molecule has 2 aromatic rings. The van der Waals surface area contributed by atoms with Crippen molar-refractivity contribution in [1.29, 1.82) is 5.26 Å². The van der Waals surface area contributed by atoms with Crippen LogP contribution >= 0.6 is 0 Å². The van der Waals surface area contributed by atoms with E-state index in [-0.39, 0.29) is 6.54 Å². The number of rotatable bonds is 5. The first-order chi connectivity index (χ1) is 11.9.